The van der Waals surface area contributed by atoms with E-state index in [0.29, 0.717) is 0 Å². The molecule has 0 spiro atoms. The highest BCUT2D eigenvalue weighted by molar-refractivity contribution is 6.06. The quantitative estimate of drug-likeness (QED) is 0.308. The maximum atomic E-state index is 2.30. The fourth-order valence-corrected chi connectivity index (χ4v) is 4.04. The minimum Gasteiger partial charge on any atom is -0.0871 e. The third-order valence-electron chi connectivity index (χ3n) is 5.37. The zero-order valence-corrected chi connectivity index (χ0v) is 17.1. The van der Waals surface area contributed by atoms with Gasteiger partial charge in [0.05, 0.1) is 0 Å². The Labute approximate surface area is 173 Å². The molecule has 4 rings (SSSR count). The Kier molecular flexibility index (Phi) is 5.72. The van der Waals surface area contributed by atoms with E-state index in [2.05, 4.69) is 123 Å². The summed E-state index contributed by atoms with van der Waals surface area (Å²) in [7, 11) is 0. The van der Waals surface area contributed by atoms with Crippen LogP contribution in [0.4, 0.5) is 0 Å². The van der Waals surface area contributed by atoms with Gasteiger partial charge in [0.15, 0.2) is 0 Å². The van der Waals surface area contributed by atoms with Crippen molar-refractivity contribution in [2.75, 3.05) is 0 Å². The minimum absolute atomic E-state index is 0.917. The van der Waals surface area contributed by atoms with E-state index in [1.165, 1.54) is 43.8 Å². The van der Waals surface area contributed by atoms with E-state index in [-0.39, 0.29) is 0 Å². The second-order valence-electron chi connectivity index (χ2n) is 7.25. The Morgan fingerprint density at radius 1 is 0.621 bits per heavy atom. The summed E-state index contributed by atoms with van der Waals surface area (Å²) in [5, 5.41) is 5.22. The number of fused-ring (bicyclic) bond motifs is 2. The van der Waals surface area contributed by atoms with Crippen LogP contribution in [0, 0.1) is 0 Å². The number of rotatable bonds is 5. The van der Waals surface area contributed by atoms with E-state index in [4.69, 9.17) is 0 Å². The lowest BCUT2D eigenvalue weighted by Crippen LogP contribution is -1.90. The molecule has 142 valence electrons. The Morgan fingerprint density at radius 2 is 1.24 bits per heavy atom. The molecule has 0 amide bonds. The average Bonchev–Trinajstić information content (AvgIpc) is 2.77. The third-order valence-corrected chi connectivity index (χ3v) is 5.37. The molecule has 0 heterocycles. The van der Waals surface area contributed by atoms with Crippen LogP contribution in [0.15, 0.2) is 115 Å². The summed E-state index contributed by atoms with van der Waals surface area (Å²) in [6.07, 6.45) is 11.7. The van der Waals surface area contributed by atoms with E-state index in [1.807, 2.05) is 0 Å². The SMILES string of the molecule is CC=CC(C=CC)=CCc1ccc(-c2cccc3ccccc23)c2ccccc12. The summed E-state index contributed by atoms with van der Waals surface area (Å²) < 4.78 is 0. The van der Waals surface area contributed by atoms with Crippen molar-refractivity contribution in [2.45, 2.75) is 20.3 Å². The lowest BCUT2D eigenvalue weighted by molar-refractivity contribution is 1.28. The molecule has 0 N–H and O–H groups in total. The molecule has 0 bridgehead atoms. The average molecular weight is 375 g/mol. The zero-order chi connectivity index (χ0) is 20.1. The van der Waals surface area contributed by atoms with Crippen molar-refractivity contribution in [3.63, 3.8) is 0 Å². The van der Waals surface area contributed by atoms with Gasteiger partial charge in [-0.3, -0.25) is 0 Å². The molecular formula is C29H26. The van der Waals surface area contributed by atoms with Gasteiger partial charge in [0, 0.05) is 0 Å². The van der Waals surface area contributed by atoms with Gasteiger partial charge in [0.25, 0.3) is 0 Å². The molecule has 0 saturated carbocycles. The second-order valence-corrected chi connectivity index (χ2v) is 7.25. The molecule has 29 heavy (non-hydrogen) atoms. The molecule has 0 fully saturated rings. The van der Waals surface area contributed by atoms with Crippen molar-refractivity contribution >= 4 is 21.5 Å². The smallest absolute Gasteiger partial charge is 0.00823 e. The van der Waals surface area contributed by atoms with Crippen LogP contribution in [0.3, 0.4) is 0 Å². The zero-order valence-electron chi connectivity index (χ0n) is 17.1. The van der Waals surface area contributed by atoms with Crippen molar-refractivity contribution in [3.8, 4) is 11.1 Å². The molecule has 4 aromatic carbocycles. The maximum Gasteiger partial charge on any atom is -0.00823 e. The van der Waals surface area contributed by atoms with E-state index in [9.17, 15) is 0 Å². The van der Waals surface area contributed by atoms with E-state index in [1.54, 1.807) is 0 Å². The first-order chi connectivity index (χ1) is 14.3. The molecule has 0 aliphatic heterocycles. The monoisotopic (exact) mass is 374 g/mol. The highest BCUT2D eigenvalue weighted by Gasteiger charge is 2.09. The molecule has 0 aromatic heterocycles. The van der Waals surface area contributed by atoms with Crippen molar-refractivity contribution in [1.29, 1.82) is 0 Å². The number of benzene rings is 4. The summed E-state index contributed by atoms with van der Waals surface area (Å²) in [6, 6.07) is 28.6. The third kappa shape index (κ3) is 3.93. The van der Waals surface area contributed by atoms with Gasteiger partial charge in [0.1, 0.15) is 0 Å². The van der Waals surface area contributed by atoms with Gasteiger partial charge in [0.2, 0.25) is 0 Å². The van der Waals surface area contributed by atoms with Crippen LogP contribution in [-0.4, -0.2) is 0 Å². The van der Waals surface area contributed by atoms with Crippen molar-refractivity contribution in [2.24, 2.45) is 0 Å². The fourth-order valence-electron chi connectivity index (χ4n) is 4.04. The van der Waals surface area contributed by atoms with Crippen LogP contribution in [0.1, 0.15) is 19.4 Å². The second kappa shape index (κ2) is 8.75. The molecule has 0 aliphatic rings. The molecule has 0 unspecified atom stereocenters. The normalized spacial score (nSPS) is 11.7. The van der Waals surface area contributed by atoms with Crippen LogP contribution in [0.5, 0.6) is 0 Å². The Bertz CT molecular complexity index is 1220. The summed E-state index contributed by atoms with van der Waals surface area (Å²) in [6.45, 7) is 4.12. The first-order valence-corrected chi connectivity index (χ1v) is 10.3. The lowest BCUT2D eigenvalue weighted by atomic mass is 9.91. The summed E-state index contributed by atoms with van der Waals surface area (Å²) in [4.78, 5) is 0. The molecule has 0 nitrogen and oxygen atoms in total. The molecule has 0 aliphatic carbocycles. The van der Waals surface area contributed by atoms with Gasteiger partial charge in [-0.1, -0.05) is 109 Å². The number of allylic oxidation sites excluding steroid dienone is 6. The van der Waals surface area contributed by atoms with Crippen LogP contribution in [0.2, 0.25) is 0 Å². The van der Waals surface area contributed by atoms with Crippen molar-refractivity contribution in [1.82, 2.24) is 0 Å². The Balaban J connectivity index is 1.85. The topological polar surface area (TPSA) is 0 Å². The molecule has 0 saturated heterocycles. The van der Waals surface area contributed by atoms with Crippen LogP contribution >= 0.6 is 0 Å². The van der Waals surface area contributed by atoms with Crippen LogP contribution in [0.25, 0.3) is 32.7 Å². The standard InChI is InChI=1S/C29H26/c1-3-10-22(11-4-2)18-19-24-20-21-29(27-16-8-7-15-26(24)27)28-17-9-13-23-12-5-6-14-25(23)28/h3-18,20-21H,19H2,1-2H3. The van der Waals surface area contributed by atoms with Gasteiger partial charge in [-0.25, -0.2) is 0 Å². The van der Waals surface area contributed by atoms with Gasteiger partial charge in [-0.15, -0.1) is 0 Å². The summed E-state index contributed by atoms with van der Waals surface area (Å²) >= 11 is 0. The summed E-state index contributed by atoms with van der Waals surface area (Å²) in [5.41, 5.74) is 5.20. The van der Waals surface area contributed by atoms with Gasteiger partial charge < -0.3 is 0 Å². The van der Waals surface area contributed by atoms with Crippen LogP contribution < -0.4 is 0 Å². The molecular weight excluding hydrogens is 348 g/mol. The van der Waals surface area contributed by atoms with E-state index < -0.39 is 0 Å². The lowest BCUT2D eigenvalue weighted by Gasteiger charge is -2.13. The highest BCUT2D eigenvalue weighted by Crippen LogP contribution is 2.35. The Morgan fingerprint density at radius 3 is 2.00 bits per heavy atom. The maximum absolute atomic E-state index is 2.30. The largest absolute Gasteiger partial charge is 0.0871 e. The number of hydrogen-bond donors (Lipinski definition) is 0. The highest BCUT2D eigenvalue weighted by atomic mass is 14.1. The first kappa shape index (κ1) is 19.0. The first-order valence-electron chi connectivity index (χ1n) is 10.3. The minimum atomic E-state index is 0.917. The molecule has 0 radical (unpaired) electrons. The predicted molar refractivity (Wildman–Crippen MR) is 128 cm³/mol. The van der Waals surface area contributed by atoms with E-state index >= 15 is 0 Å². The van der Waals surface area contributed by atoms with Crippen LogP contribution in [-0.2, 0) is 6.42 Å². The molecule has 4 aromatic rings. The predicted octanol–water partition coefficient (Wildman–Crippen LogP) is 8.28. The van der Waals surface area contributed by atoms with E-state index in [0.717, 1.165) is 6.42 Å². The molecule has 0 heteroatoms. The van der Waals surface area contributed by atoms with Gasteiger partial charge >= 0.3 is 0 Å². The van der Waals surface area contributed by atoms with Crippen molar-refractivity contribution in [3.05, 3.63) is 120 Å². The fraction of sp³-hybridized carbons (Fsp3) is 0.103. The molecule has 0 atom stereocenters. The Hall–Kier alpha value is -3.38. The summed E-state index contributed by atoms with van der Waals surface area (Å²) in [5.74, 6) is 0. The van der Waals surface area contributed by atoms with Crippen molar-refractivity contribution < 1.29 is 0 Å². The van der Waals surface area contributed by atoms with Gasteiger partial charge in [-0.2, -0.15) is 0 Å². The number of hydrogen-bond acceptors (Lipinski definition) is 0. The van der Waals surface area contributed by atoms with Gasteiger partial charge in [-0.05, 0) is 64.1 Å².